The molecular formula is C14H21IOSi. The Bertz CT molecular complexity index is 411. The van der Waals surface area contributed by atoms with E-state index in [4.69, 9.17) is 4.43 Å². The molecule has 0 spiro atoms. The predicted octanol–water partition coefficient (Wildman–Crippen LogP) is 4.45. The molecule has 1 nitrogen and oxygen atoms in total. The monoisotopic (exact) mass is 360 g/mol. The summed E-state index contributed by atoms with van der Waals surface area (Å²) in [6.07, 6.45) is 2.72. The molecule has 1 aliphatic rings. The van der Waals surface area contributed by atoms with Crippen LogP contribution in [-0.4, -0.2) is 9.04 Å². The van der Waals surface area contributed by atoms with Gasteiger partial charge in [0, 0.05) is 3.57 Å². The van der Waals surface area contributed by atoms with Crippen LogP contribution in [0.3, 0.4) is 0 Å². The van der Waals surface area contributed by atoms with Crippen molar-refractivity contribution in [2.75, 3.05) is 0 Å². The maximum Gasteiger partial charge on any atom is 0.180 e. The Morgan fingerprint density at radius 3 is 2.71 bits per heavy atom. The molecule has 0 heterocycles. The number of hydrogen-bond donors (Lipinski definition) is 0. The van der Waals surface area contributed by atoms with E-state index in [9.17, 15) is 0 Å². The van der Waals surface area contributed by atoms with Crippen LogP contribution in [0.2, 0.25) is 11.6 Å². The maximum atomic E-state index is 6.39. The maximum absolute atomic E-state index is 6.39. The van der Waals surface area contributed by atoms with Crippen molar-refractivity contribution in [1.82, 2.24) is 0 Å². The standard InChI is InChI=1S/C14H21IOSi/c1-14(2,3)17(4)16-13-9-8-10-11(13)6-5-7-12(10)15/h5-7,13,17H,8-9H2,1-4H3/t13-,17?/m0/s1. The van der Waals surface area contributed by atoms with Crippen LogP contribution >= 0.6 is 22.6 Å². The molecule has 2 rings (SSSR count). The van der Waals surface area contributed by atoms with Gasteiger partial charge in [0.15, 0.2) is 9.04 Å². The van der Waals surface area contributed by atoms with Crippen molar-refractivity contribution < 1.29 is 4.43 Å². The van der Waals surface area contributed by atoms with E-state index in [0.29, 0.717) is 11.1 Å². The number of fused-ring (bicyclic) bond motifs is 1. The largest absolute Gasteiger partial charge is 0.413 e. The SMILES string of the molecule is C[SiH](O[C@H]1CCc2c(I)cccc21)C(C)(C)C. The van der Waals surface area contributed by atoms with Crippen molar-refractivity contribution in [3.05, 3.63) is 32.9 Å². The molecule has 0 bridgehead atoms. The summed E-state index contributed by atoms with van der Waals surface area (Å²) < 4.78 is 7.79. The van der Waals surface area contributed by atoms with Crippen LogP contribution in [0, 0.1) is 3.57 Å². The molecule has 3 heteroatoms. The minimum atomic E-state index is -1.12. The second kappa shape index (κ2) is 5.01. The molecule has 0 fully saturated rings. The van der Waals surface area contributed by atoms with Crippen LogP contribution in [0.15, 0.2) is 18.2 Å². The molecule has 0 radical (unpaired) electrons. The summed E-state index contributed by atoms with van der Waals surface area (Å²) in [7, 11) is -1.12. The fraction of sp³-hybridized carbons (Fsp3) is 0.571. The predicted molar refractivity (Wildman–Crippen MR) is 84.0 cm³/mol. The van der Waals surface area contributed by atoms with Gasteiger partial charge in [-0.25, -0.2) is 0 Å². The number of benzene rings is 1. The molecular weight excluding hydrogens is 339 g/mol. The molecule has 1 aliphatic carbocycles. The van der Waals surface area contributed by atoms with Gasteiger partial charge in [0.25, 0.3) is 0 Å². The van der Waals surface area contributed by atoms with Gasteiger partial charge < -0.3 is 4.43 Å². The van der Waals surface area contributed by atoms with E-state index in [2.05, 4.69) is 68.1 Å². The van der Waals surface area contributed by atoms with Crippen molar-refractivity contribution in [1.29, 1.82) is 0 Å². The Hall–Kier alpha value is 0.127. The highest BCUT2D eigenvalue weighted by Gasteiger charge is 2.30. The Morgan fingerprint density at radius 2 is 2.06 bits per heavy atom. The molecule has 0 saturated heterocycles. The molecule has 1 unspecified atom stereocenters. The van der Waals surface area contributed by atoms with Gasteiger partial charge in [-0.15, -0.1) is 0 Å². The summed E-state index contributed by atoms with van der Waals surface area (Å²) in [5.41, 5.74) is 2.97. The second-order valence-electron chi connectivity index (χ2n) is 5.98. The molecule has 0 aromatic heterocycles. The highest BCUT2D eigenvalue weighted by Crippen LogP contribution is 2.39. The van der Waals surface area contributed by atoms with Gasteiger partial charge >= 0.3 is 0 Å². The number of halogens is 1. The van der Waals surface area contributed by atoms with Crippen molar-refractivity contribution >= 4 is 31.6 Å². The highest BCUT2D eigenvalue weighted by molar-refractivity contribution is 14.1. The van der Waals surface area contributed by atoms with Crippen molar-refractivity contribution in [2.24, 2.45) is 0 Å². The minimum absolute atomic E-state index is 0.352. The van der Waals surface area contributed by atoms with E-state index >= 15 is 0 Å². The van der Waals surface area contributed by atoms with Crippen LogP contribution in [-0.2, 0) is 10.8 Å². The topological polar surface area (TPSA) is 9.23 Å². The molecule has 0 aliphatic heterocycles. The van der Waals surface area contributed by atoms with Gasteiger partial charge in [0.1, 0.15) is 0 Å². The lowest BCUT2D eigenvalue weighted by Gasteiger charge is -2.29. The first-order valence-electron chi connectivity index (χ1n) is 6.32. The lowest BCUT2D eigenvalue weighted by atomic mass is 10.1. The average molecular weight is 360 g/mol. The highest BCUT2D eigenvalue weighted by atomic mass is 127. The van der Waals surface area contributed by atoms with Crippen LogP contribution < -0.4 is 0 Å². The van der Waals surface area contributed by atoms with E-state index in [0.717, 1.165) is 0 Å². The lowest BCUT2D eigenvalue weighted by Crippen LogP contribution is -2.27. The van der Waals surface area contributed by atoms with Gasteiger partial charge in [0.2, 0.25) is 0 Å². The van der Waals surface area contributed by atoms with Crippen LogP contribution in [0.4, 0.5) is 0 Å². The van der Waals surface area contributed by atoms with Crippen molar-refractivity contribution in [2.45, 2.75) is 51.3 Å². The van der Waals surface area contributed by atoms with E-state index in [1.165, 1.54) is 27.5 Å². The summed E-state index contributed by atoms with van der Waals surface area (Å²) in [4.78, 5) is 0. The normalized spacial score (nSPS) is 21.4. The molecule has 1 aromatic carbocycles. The fourth-order valence-electron chi connectivity index (χ4n) is 2.16. The third-order valence-corrected chi connectivity index (χ3v) is 7.93. The summed E-state index contributed by atoms with van der Waals surface area (Å²) in [5, 5.41) is 0.352. The minimum Gasteiger partial charge on any atom is -0.413 e. The molecule has 0 N–H and O–H groups in total. The van der Waals surface area contributed by atoms with E-state index in [1.54, 1.807) is 0 Å². The molecule has 1 aromatic rings. The van der Waals surface area contributed by atoms with Gasteiger partial charge in [-0.3, -0.25) is 0 Å². The Labute approximate surface area is 120 Å². The summed E-state index contributed by atoms with van der Waals surface area (Å²) >= 11 is 2.44. The van der Waals surface area contributed by atoms with E-state index in [1.807, 2.05) is 0 Å². The van der Waals surface area contributed by atoms with Gasteiger partial charge in [-0.1, -0.05) is 32.9 Å². The molecule has 0 amide bonds. The van der Waals surface area contributed by atoms with E-state index < -0.39 is 9.04 Å². The van der Waals surface area contributed by atoms with E-state index in [-0.39, 0.29) is 0 Å². The van der Waals surface area contributed by atoms with Gasteiger partial charge in [-0.05, 0) is 64.2 Å². The molecule has 94 valence electrons. The summed E-state index contributed by atoms with van der Waals surface area (Å²) in [5.74, 6) is 0. The third-order valence-electron chi connectivity index (χ3n) is 3.75. The Morgan fingerprint density at radius 1 is 1.35 bits per heavy atom. The first kappa shape index (κ1) is 13.6. The van der Waals surface area contributed by atoms with Gasteiger partial charge in [-0.2, -0.15) is 0 Å². The van der Waals surface area contributed by atoms with Crippen LogP contribution in [0.1, 0.15) is 44.4 Å². The van der Waals surface area contributed by atoms with Crippen molar-refractivity contribution in [3.8, 4) is 0 Å². The number of rotatable bonds is 2. The molecule has 17 heavy (non-hydrogen) atoms. The zero-order chi connectivity index (χ0) is 12.6. The van der Waals surface area contributed by atoms with Gasteiger partial charge in [0.05, 0.1) is 6.10 Å². The summed E-state index contributed by atoms with van der Waals surface area (Å²) in [6.45, 7) is 9.23. The van der Waals surface area contributed by atoms with Crippen molar-refractivity contribution in [3.63, 3.8) is 0 Å². The Kier molecular flexibility index (Phi) is 4.00. The number of hydrogen-bond acceptors (Lipinski definition) is 1. The first-order valence-corrected chi connectivity index (χ1v) is 9.60. The second-order valence-corrected chi connectivity index (χ2v) is 10.4. The average Bonchev–Trinajstić information content (AvgIpc) is 2.62. The summed E-state index contributed by atoms with van der Waals surface area (Å²) in [6, 6.07) is 6.61. The van der Waals surface area contributed by atoms with Crippen LogP contribution in [0.5, 0.6) is 0 Å². The first-order chi connectivity index (χ1) is 7.89. The molecule has 0 saturated carbocycles. The third kappa shape index (κ3) is 2.93. The quantitative estimate of drug-likeness (QED) is 0.559. The zero-order valence-corrected chi connectivity index (χ0v) is 14.4. The smallest absolute Gasteiger partial charge is 0.180 e. The lowest BCUT2D eigenvalue weighted by molar-refractivity contribution is 0.198. The zero-order valence-electron chi connectivity index (χ0n) is 11.1. The fourth-order valence-corrected chi connectivity index (χ4v) is 4.14. The van der Waals surface area contributed by atoms with Crippen LogP contribution in [0.25, 0.3) is 0 Å². The Balaban J connectivity index is 2.15. The molecule has 2 atom stereocenters.